The molecule has 1 aromatic carbocycles. The highest BCUT2D eigenvalue weighted by Crippen LogP contribution is 2.22. The number of rotatable bonds is 7. The van der Waals surface area contributed by atoms with E-state index in [0.29, 0.717) is 12.0 Å². The number of benzene rings is 1. The molecule has 6 nitrogen and oxygen atoms in total. The quantitative estimate of drug-likeness (QED) is 0.771. The van der Waals surface area contributed by atoms with E-state index in [2.05, 4.69) is 10.6 Å². The van der Waals surface area contributed by atoms with Gasteiger partial charge in [-0.15, -0.1) is 0 Å². The van der Waals surface area contributed by atoms with Gasteiger partial charge < -0.3 is 15.5 Å². The van der Waals surface area contributed by atoms with Gasteiger partial charge in [-0.3, -0.25) is 14.4 Å². The van der Waals surface area contributed by atoms with Gasteiger partial charge in [-0.1, -0.05) is 44.4 Å². The summed E-state index contributed by atoms with van der Waals surface area (Å²) >= 11 is 0. The molecule has 1 aromatic rings. The summed E-state index contributed by atoms with van der Waals surface area (Å²) in [5.41, 5.74) is -0.437. The first-order valence-corrected chi connectivity index (χ1v) is 9.79. The highest BCUT2D eigenvalue weighted by molar-refractivity contribution is 5.97. The zero-order valence-corrected chi connectivity index (χ0v) is 16.6. The first-order chi connectivity index (χ1) is 12.9. The summed E-state index contributed by atoms with van der Waals surface area (Å²) < 4.78 is 0. The summed E-state index contributed by atoms with van der Waals surface area (Å²) in [6, 6.07) is 8.94. The molecule has 148 valence electrons. The Morgan fingerprint density at radius 3 is 2.33 bits per heavy atom. The van der Waals surface area contributed by atoms with Crippen molar-refractivity contribution < 1.29 is 14.4 Å². The van der Waals surface area contributed by atoms with Gasteiger partial charge in [-0.2, -0.15) is 0 Å². The van der Waals surface area contributed by atoms with Crippen LogP contribution in [0.1, 0.15) is 62.7 Å². The largest absolute Gasteiger partial charge is 0.351 e. The number of nitrogens with one attached hydrogen (secondary N) is 2. The molecule has 0 spiro atoms. The van der Waals surface area contributed by atoms with Gasteiger partial charge in [-0.25, -0.2) is 0 Å². The van der Waals surface area contributed by atoms with Crippen LogP contribution in [0, 0.1) is 0 Å². The molecule has 1 saturated carbocycles. The second-order valence-corrected chi connectivity index (χ2v) is 7.44. The van der Waals surface area contributed by atoms with Crippen LogP contribution < -0.4 is 10.6 Å². The Morgan fingerprint density at radius 1 is 1.11 bits per heavy atom. The molecule has 0 aliphatic heterocycles. The maximum Gasteiger partial charge on any atom is 0.251 e. The summed E-state index contributed by atoms with van der Waals surface area (Å²) in [4.78, 5) is 39.1. The van der Waals surface area contributed by atoms with Crippen LogP contribution in [0.3, 0.4) is 0 Å². The van der Waals surface area contributed by atoms with Gasteiger partial charge >= 0.3 is 0 Å². The highest BCUT2D eigenvalue weighted by atomic mass is 16.2. The molecule has 27 heavy (non-hydrogen) atoms. The van der Waals surface area contributed by atoms with Crippen LogP contribution in [0.15, 0.2) is 30.3 Å². The number of amides is 3. The van der Waals surface area contributed by atoms with E-state index in [4.69, 9.17) is 0 Å². The second-order valence-electron chi connectivity index (χ2n) is 7.44. The van der Waals surface area contributed by atoms with Crippen LogP contribution in [-0.2, 0) is 9.59 Å². The Kier molecular flexibility index (Phi) is 7.39. The number of carbonyl (C=O) groups excluding carboxylic acids is 3. The number of carbonyl (C=O) groups is 3. The molecule has 0 bridgehead atoms. The summed E-state index contributed by atoms with van der Waals surface area (Å²) in [5.74, 6) is -0.716. The van der Waals surface area contributed by atoms with E-state index in [1.165, 1.54) is 11.3 Å². The van der Waals surface area contributed by atoms with Gasteiger partial charge in [0.1, 0.15) is 5.54 Å². The topological polar surface area (TPSA) is 78.5 Å². The summed E-state index contributed by atoms with van der Waals surface area (Å²) in [7, 11) is 1.63. The Hall–Kier alpha value is -2.37. The third-order valence-corrected chi connectivity index (χ3v) is 5.67. The molecule has 0 heterocycles. The van der Waals surface area contributed by atoms with Gasteiger partial charge in [0.25, 0.3) is 5.91 Å². The predicted molar refractivity (Wildman–Crippen MR) is 105 cm³/mol. The molecule has 6 heteroatoms. The van der Waals surface area contributed by atoms with E-state index < -0.39 is 5.54 Å². The van der Waals surface area contributed by atoms with Gasteiger partial charge in [0.2, 0.25) is 11.8 Å². The Labute approximate surface area is 161 Å². The van der Waals surface area contributed by atoms with Crippen molar-refractivity contribution in [1.82, 2.24) is 15.5 Å². The van der Waals surface area contributed by atoms with E-state index in [9.17, 15) is 14.4 Å². The Bertz CT molecular complexity index is 656. The SMILES string of the molecule is CCC(C)(C(=O)NC1CCCCC1)N(C)C(=O)CNC(=O)c1ccccc1. The monoisotopic (exact) mass is 373 g/mol. The van der Waals surface area contributed by atoms with Crippen LogP contribution in [0.25, 0.3) is 0 Å². The molecule has 1 aliphatic carbocycles. The lowest BCUT2D eigenvalue weighted by Crippen LogP contribution is -2.60. The third-order valence-electron chi connectivity index (χ3n) is 5.67. The van der Waals surface area contributed by atoms with Crippen molar-refractivity contribution in [3.63, 3.8) is 0 Å². The molecule has 1 atom stereocenters. The van der Waals surface area contributed by atoms with Crippen molar-refractivity contribution >= 4 is 17.7 Å². The average molecular weight is 373 g/mol. The van der Waals surface area contributed by atoms with Gasteiger partial charge in [0, 0.05) is 18.7 Å². The van der Waals surface area contributed by atoms with Crippen molar-refractivity contribution in [3.8, 4) is 0 Å². The summed E-state index contributed by atoms with van der Waals surface area (Å²) in [6.45, 7) is 3.53. The first kappa shape index (κ1) is 20.9. The van der Waals surface area contributed by atoms with Crippen molar-refractivity contribution in [1.29, 1.82) is 0 Å². The van der Waals surface area contributed by atoms with Gasteiger partial charge in [-0.05, 0) is 38.3 Å². The predicted octanol–water partition coefficient (Wildman–Crippen LogP) is 2.49. The van der Waals surface area contributed by atoms with Gasteiger partial charge in [0.05, 0.1) is 6.54 Å². The zero-order chi connectivity index (χ0) is 19.9. The number of hydrogen-bond acceptors (Lipinski definition) is 3. The van der Waals surface area contributed by atoms with Crippen LogP contribution >= 0.6 is 0 Å². The molecule has 2 rings (SSSR count). The highest BCUT2D eigenvalue weighted by Gasteiger charge is 2.39. The summed E-state index contributed by atoms with van der Waals surface area (Å²) in [5, 5.41) is 5.75. The third kappa shape index (κ3) is 5.31. The fourth-order valence-electron chi connectivity index (χ4n) is 3.38. The van der Waals surface area contributed by atoms with E-state index in [0.717, 1.165) is 25.7 Å². The standard InChI is InChI=1S/C21H31N3O3/c1-4-21(2,20(27)23-17-13-9-6-10-14-17)24(3)18(25)15-22-19(26)16-11-7-5-8-12-16/h5,7-8,11-12,17H,4,6,9-10,13-15H2,1-3H3,(H,22,26)(H,23,27). The molecule has 0 saturated heterocycles. The lowest BCUT2D eigenvalue weighted by Gasteiger charge is -2.38. The van der Waals surface area contributed by atoms with E-state index in [-0.39, 0.29) is 30.3 Å². The normalized spacial score (nSPS) is 16.9. The van der Waals surface area contributed by atoms with Crippen molar-refractivity contribution in [2.24, 2.45) is 0 Å². The molecular weight excluding hydrogens is 342 g/mol. The molecule has 1 unspecified atom stereocenters. The van der Waals surface area contributed by atoms with E-state index in [1.807, 2.05) is 13.0 Å². The first-order valence-electron chi connectivity index (χ1n) is 9.79. The van der Waals surface area contributed by atoms with Crippen LogP contribution in [-0.4, -0.2) is 47.8 Å². The van der Waals surface area contributed by atoms with Gasteiger partial charge in [0.15, 0.2) is 0 Å². The minimum atomic E-state index is -0.938. The number of hydrogen-bond donors (Lipinski definition) is 2. The maximum atomic E-state index is 12.9. The number of likely N-dealkylation sites (N-methyl/N-ethyl adjacent to an activating group) is 1. The van der Waals surface area contributed by atoms with Crippen molar-refractivity contribution in [3.05, 3.63) is 35.9 Å². The molecule has 1 fully saturated rings. The molecule has 2 N–H and O–H groups in total. The lowest BCUT2D eigenvalue weighted by molar-refractivity contribution is -0.145. The molecule has 0 aromatic heterocycles. The van der Waals surface area contributed by atoms with Crippen LogP contribution in [0.2, 0.25) is 0 Å². The Morgan fingerprint density at radius 2 is 1.74 bits per heavy atom. The molecule has 0 radical (unpaired) electrons. The Balaban J connectivity index is 1.94. The van der Waals surface area contributed by atoms with E-state index in [1.54, 1.807) is 38.2 Å². The fourth-order valence-corrected chi connectivity index (χ4v) is 3.38. The molecular formula is C21H31N3O3. The second kappa shape index (κ2) is 9.53. The fraction of sp³-hybridized carbons (Fsp3) is 0.571. The minimum Gasteiger partial charge on any atom is -0.351 e. The van der Waals surface area contributed by atoms with E-state index >= 15 is 0 Å². The minimum absolute atomic E-state index is 0.123. The van der Waals surface area contributed by atoms with Crippen molar-refractivity contribution in [2.75, 3.05) is 13.6 Å². The zero-order valence-electron chi connectivity index (χ0n) is 16.6. The van der Waals surface area contributed by atoms with Crippen LogP contribution in [0.4, 0.5) is 0 Å². The lowest BCUT2D eigenvalue weighted by atomic mass is 9.91. The molecule has 1 aliphatic rings. The smallest absolute Gasteiger partial charge is 0.251 e. The number of nitrogens with zero attached hydrogens (tertiary/aromatic N) is 1. The average Bonchev–Trinajstić information content (AvgIpc) is 2.71. The molecule has 3 amide bonds. The van der Waals surface area contributed by atoms with Crippen LogP contribution in [0.5, 0.6) is 0 Å². The van der Waals surface area contributed by atoms with Crippen molar-refractivity contribution in [2.45, 2.75) is 64.0 Å². The summed E-state index contributed by atoms with van der Waals surface area (Å²) in [6.07, 6.45) is 5.98. The maximum absolute atomic E-state index is 12.9.